The van der Waals surface area contributed by atoms with E-state index >= 15 is 0 Å². The Morgan fingerprint density at radius 3 is 2.67 bits per heavy atom. The number of aromatic nitrogens is 2. The number of aryl methyl sites for hydroxylation is 2. The minimum atomic E-state index is 0.518. The Morgan fingerprint density at radius 2 is 2.05 bits per heavy atom. The van der Waals surface area contributed by atoms with E-state index in [-0.39, 0.29) is 0 Å². The fourth-order valence-electron chi connectivity index (χ4n) is 1.92. The van der Waals surface area contributed by atoms with Crippen LogP contribution in [0.2, 0.25) is 0 Å². The molecule has 0 fully saturated rings. The third-order valence-corrected chi connectivity index (χ3v) is 3.22. The predicted octanol–water partition coefficient (Wildman–Crippen LogP) is 3.36. The Labute approximate surface area is 124 Å². The topological polar surface area (TPSA) is 70.8 Å². The van der Waals surface area contributed by atoms with Crippen molar-refractivity contribution < 1.29 is 4.74 Å². The molecule has 0 saturated heterocycles. The van der Waals surface area contributed by atoms with Crippen LogP contribution in [-0.4, -0.2) is 17.0 Å². The molecule has 1 N–H and O–H groups in total. The second kappa shape index (κ2) is 6.23. The molecular formula is C16H18N4O. The van der Waals surface area contributed by atoms with Gasteiger partial charge in [0.05, 0.1) is 17.2 Å². The summed E-state index contributed by atoms with van der Waals surface area (Å²) in [6.07, 6.45) is 0.725. The van der Waals surface area contributed by atoms with Gasteiger partial charge in [0.1, 0.15) is 17.4 Å². The second-order valence-corrected chi connectivity index (χ2v) is 4.72. The number of benzene rings is 1. The van der Waals surface area contributed by atoms with Crippen LogP contribution in [0.1, 0.15) is 29.4 Å². The highest BCUT2D eigenvalue weighted by Crippen LogP contribution is 2.29. The van der Waals surface area contributed by atoms with Gasteiger partial charge < -0.3 is 10.1 Å². The van der Waals surface area contributed by atoms with Crippen molar-refractivity contribution in [2.75, 3.05) is 12.4 Å². The fourth-order valence-corrected chi connectivity index (χ4v) is 1.92. The molecule has 2 aromatic rings. The minimum absolute atomic E-state index is 0.518. The molecule has 0 aliphatic heterocycles. The molecule has 0 saturated carbocycles. The van der Waals surface area contributed by atoms with Crippen molar-refractivity contribution in [1.29, 1.82) is 5.26 Å². The van der Waals surface area contributed by atoms with Crippen LogP contribution >= 0.6 is 0 Å². The molecule has 2 rings (SSSR count). The molecule has 0 bridgehead atoms. The molecule has 5 nitrogen and oxygen atoms in total. The van der Waals surface area contributed by atoms with Gasteiger partial charge in [0.2, 0.25) is 5.88 Å². The SMILES string of the molecule is CCc1nc(NC)c(C)c(Oc2cc(C#N)ccc2C)n1. The van der Waals surface area contributed by atoms with Crippen molar-refractivity contribution in [3.05, 3.63) is 40.7 Å². The Kier molecular flexibility index (Phi) is 4.39. The zero-order valence-electron chi connectivity index (χ0n) is 12.7. The average molecular weight is 282 g/mol. The summed E-state index contributed by atoms with van der Waals surface area (Å²) in [6.45, 7) is 5.84. The van der Waals surface area contributed by atoms with E-state index in [1.54, 1.807) is 12.1 Å². The number of nitrogens with one attached hydrogen (secondary N) is 1. The second-order valence-electron chi connectivity index (χ2n) is 4.72. The average Bonchev–Trinajstić information content (AvgIpc) is 2.51. The van der Waals surface area contributed by atoms with Crippen LogP contribution in [0.25, 0.3) is 0 Å². The minimum Gasteiger partial charge on any atom is -0.438 e. The van der Waals surface area contributed by atoms with E-state index in [1.165, 1.54) is 0 Å². The summed E-state index contributed by atoms with van der Waals surface area (Å²) in [6, 6.07) is 7.47. The molecule has 1 aromatic carbocycles. The monoisotopic (exact) mass is 282 g/mol. The van der Waals surface area contributed by atoms with E-state index in [9.17, 15) is 0 Å². The van der Waals surface area contributed by atoms with Gasteiger partial charge in [0.25, 0.3) is 0 Å². The highest BCUT2D eigenvalue weighted by molar-refractivity contribution is 5.50. The number of nitriles is 1. The Hall–Kier alpha value is -2.61. The third-order valence-electron chi connectivity index (χ3n) is 3.22. The summed E-state index contributed by atoms with van der Waals surface area (Å²) in [5, 5.41) is 12.0. The predicted molar refractivity (Wildman–Crippen MR) is 81.7 cm³/mol. The number of nitrogens with zero attached hydrogens (tertiary/aromatic N) is 3. The number of anilines is 1. The summed E-state index contributed by atoms with van der Waals surface area (Å²) in [4.78, 5) is 8.85. The third kappa shape index (κ3) is 3.11. The van der Waals surface area contributed by atoms with Gasteiger partial charge in [-0.15, -0.1) is 0 Å². The van der Waals surface area contributed by atoms with Crippen LogP contribution in [0, 0.1) is 25.2 Å². The lowest BCUT2D eigenvalue weighted by Crippen LogP contribution is -2.05. The summed E-state index contributed by atoms with van der Waals surface area (Å²) in [5.74, 6) is 2.63. The number of hydrogen-bond acceptors (Lipinski definition) is 5. The highest BCUT2D eigenvalue weighted by atomic mass is 16.5. The lowest BCUT2D eigenvalue weighted by Gasteiger charge is -2.13. The first-order valence-corrected chi connectivity index (χ1v) is 6.82. The van der Waals surface area contributed by atoms with E-state index in [4.69, 9.17) is 10.00 Å². The van der Waals surface area contributed by atoms with Gasteiger partial charge in [-0.3, -0.25) is 0 Å². The standard InChI is InChI=1S/C16H18N4O/c1-5-14-19-15(18-4)11(3)16(20-14)21-13-8-12(9-17)7-6-10(13)2/h6-8H,5H2,1-4H3,(H,18,19,20). The Balaban J connectivity index is 2.46. The van der Waals surface area contributed by atoms with Gasteiger partial charge in [0.15, 0.2) is 0 Å². The first-order valence-electron chi connectivity index (χ1n) is 6.82. The van der Waals surface area contributed by atoms with E-state index in [2.05, 4.69) is 21.4 Å². The molecule has 1 aromatic heterocycles. The van der Waals surface area contributed by atoms with Crippen LogP contribution in [0.4, 0.5) is 5.82 Å². The van der Waals surface area contributed by atoms with E-state index < -0.39 is 0 Å². The highest BCUT2D eigenvalue weighted by Gasteiger charge is 2.12. The number of rotatable bonds is 4. The quantitative estimate of drug-likeness (QED) is 0.931. The van der Waals surface area contributed by atoms with Crippen molar-refractivity contribution >= 4 is 5.82 Å². The Bertz CT molecular complexity index is 704. The number of hydrogen-bond donors (Lipinski definition) is 1. The number of ether oxygens (including phenoxy) is 1. The van der Waals surface area contributed by atoms with Crippen molar-refractivity contribution in [3.63, 3.8) is 0 Å². The summed E-state index contributed by atoms with van der Waals surface area (Å²) in [5.41, 5.74) is 2.36. The molecule has 0 spiro atoms. The van der Waals surface area contributed by atoms with Crippen LogP contribution < -0.4 is 10.1 Å². The summed E-state index contributed by atoms with van der Waals surface area (Å²) < 4.78 is 5.93. The molecule has 0 unspecified atom stereocenters. The normalized spacial score (nSPS) is 10.0. The molecule has 5 heteroatoms. The van der Waals surface area contributed by atoms with Crippen molar-refractivity contribution in [3.8, 4) is 17.7 Å². The fraction of sp³-hybridized carbons (Fsp3) is 0.312. The maximum atomic E-state index is 9.00. The molecule has 0 radical (unpaired) electrons. The smallest absolute Gasteiger partial charge is 0.227 e. The van der Waals surface area contributed by atoms with Gasteiger partial charge >= 0.3 is 0 Å². The molecule has 0 aliphatic rings. The van der Waals surface area contributed by atoms with Crippen LogP contribution in [0.3, 0.4) is 0 Å². The molecule has 21 heavy (non-hydrogen) atoms. The van der Waals surface area contributed by atoms with Crippen molar-refractivity contribution in [2.24, 2.45) is 0 Å². The van der Waals surface area contributed by atoms with Crippen LogP contribution in [-0.2, 0) is 6.42 Å². The van der Waals surface area contributed by atoms with Gasteiger partial charge in [-0.2, -0.15) is 10.2 Å². The van der Waals surface area contributed by atoms with E-state index in [1.807, 2.05) is 33.9 Å². The van der Waals surface area contributed by atoms with Gasteiger partial charge in [0, 0.05) is 13.5 Å². The Morgan fingerprint density at radius 1 is 1.29 bits per heavy atom. The van der Waals surface area contributed by atoms with Gasteiger partial charge in [-0.1, -0.05) is 13.0 Å². The molecule has 0 amide bonds. The van der Waals surface area contributed by atoms with E-state index in [0.717, 1.165) is 23.4 Å². The van der Waals surface area contributed by atoms with E-state index in [0.29, 0.717) is 23.0 Å². The summed E-state index contributed by atoms with van der Waals surface area (Å²) in [7, 11) is 1.82. The molecule has 1 heterocycles. The van der Waals surface area contributed by atoms with Crippen molar-refractivity contribution in [1.82, 2.24) is 9.97 Å². The zero-order valence-corrected chi connectivity index (χ0v) is 12.7. The zero-order chi connectivity index (χ0) is 15.4. The van der Waals surface area contributed by atoms with Gasteiger partial charge in [-0.05, 0) is 31.5 Å². The molecule has 0 aliphatic carbocycles. The van der Waals surface area contributed by atoms with Crippen LogP contribution in [0.15, 0.2) is 18.2 Å². The first-order chi connectivity index (χ1) is 10.1. The van der Waals surface area contributed by atoms with Crippen LogP contribution in [0.5, 0.6) is 11.6 Å². The summed E-state index contributed by atoms with van der Waals surface area (Å²) >= 11 is 0. The maximum absolute atomic E-state index is 9.00. The first kappa shape index (κ1) is 14.8. The molecular weight excluding hydrogens is 264 g/mol. The largest absolute Gasteiger partial charge is 0.438 e. The molecule has 108 valence electrons. The lowest BCUT2D eigenvalue weighted by molar-refractivity contribution is 0.451. The maximum Gasteiger partial charge on any atom is 0.227 e. The molecule has 0 atom stereocenters. The van der Waals surface area contributed by atoms with Gasteiger partial charge in [-0.25, -0.2) is 4.98 Å². The van der Waals surface area contributed by atoms with Crippen molar-refractivity contribution in [2.45, 2.75) is 27.2 Å². The lowest BCUT2D eigenvalue weighted by atomic mass is 10.1.